The van der Waals surface area contributed by atoms with Crippen molar-refractivity contribution in [3.8, 4) is 11.3 Å². The van der Waals surface area contributed by atoms with E-state index in [-0.39, 0.29) is 5.82 Å². The van der Waals surface area contributed by atoms with Crippen LogP contribution in [0.1, 0.15) is 18.9 Å². The molecule has 3 rings (SSSR count). The molecule has 3 aromatic rings. The van der Waals surface area contributed by atoms with Crippen LogP contribution in [0.15, 0.2) is 48.8 Å². The average Bonchev–Trinajstić information content (AvgIpc) is 2.98. The minimum absolute atomic E-state index is 0.213. The smallest absolute Gasteiger partial charge is 0.137 e. The molecule has 0 aliphatic carbocycles. The molecule has 108 valence electrons. The second kappa shape index (κ2) is 6.06. The molecule has 0 atom stereocenters. The van der Waals surface area contributed by atoms with Crippen LogP contribution in [0, 0.1) is 5.82 Å². The lowest BCUT2D eigenvalue weighted by Gasteiger charge is -2.10. The number of pyridine rings is 1. The van der Waals surface area contributed by atoms with E-state index in [1.807, 2.05) is 40.9 Å². The average molecular weight is 283 g/mol. The first-order chi connectivity index (χ1) is 10.3. The van der Waals surface area contributed by atoms with Crippen molar-refractivity contribution in [3.05, 3.63) is 60.2 Å². The number of rotatable bonds is 5. The number of fused-ring (bicyclic) bond motifs is 1. The standard InChI is InChI=1S/C17H18FN3/c1-2-8-19-12-13-6-7-15(18)14(11-13)16-4-3-5-17-20-9-10-21(16)17/h3-7,9-11,19H,2,8,12H2,1H3. The van der Waals surface area contributed by atoms with Gasteiger partial charge in [0.15, 0.2) is 0 Å². The SMILES string of the molecule is CCCNCc1ccc(F)c(-c2cccc3nccn23)c1. The van der Waals surface area contributed by atoms with E-state index in [0.29, 0.717) is 5.56 Å². The number of nitrogens with one attached hydrogen (secondary N) is 1. The van der Waals surface area contributed by atoms with Gasteiger partial charge < -0.3 is 5.32 Å². The maximum Gasteiger partial charge on any atom is 0.137 e. The quantitative estimate of drug-likeness (QED) is 0.724. The van der Waals surface area contributed by atoms with Crippen LogP contribution in [-0.4, -0.2) is 15.9 Å². The highest BCUT2D eigenvalue weighted by Crippen LogP contribution is 2.24. The normalized spacial score (nSPS) is 11.1. The lowest BCUT2D eigenvalue weighted by molar-refractivity contribution is 0.627. The van der Waals surface area contributed by atoms with Crippen molar-refractivity contribution in [2.75, 3.05) is 6.54 Å². The minimum Gasteiger partial charge on any atom is -0.313 e. The van der Waals surface area contributed by atoms with Crippen molar-refractivity contribution in [2.24, 2.45) is 0 Å². The van der Waals surface area contributed by atoms with Crippen molar-refractivity contribution in [2.45, 2.75) is 19.9 Å². The highest BCUT2D eigenvalue weighted by Gasteiger charge is 2.10. The Hall–Kier alpha value is -2.20. The summed E-state index contributed by atoms with van der Waals surface area (Å²) in [4.78, 5) is 4.25. The fourth-order valence-electron chi connectivity index (χ4n) is 2.46. The third-order valence-corrected chi connectivity index (χ3v) is 3.49. The largest absolute Gasteiger partial charge is 0.313 e. The minimum atomic E-state index is -0.213. The van der Waals surface area contributed by atoms with Crippen LogP contribution in [0.3, 0.4) is 0 Å². The third-order valence-electron chi connectivity index (χ3n) is 3.49. The Morgan fingerprint density at radius 2 is 2.14 bits per heavy atom. The molecule has 0 amide bonds. The Bertz CT molecular complexity index is 749. The van der Waals surface area contributed by atoms with Gasteiger partial charge in [0.1, 0.15) is 11.5 Å². The van der Waals surface area contributed by atoms with Crippen molar-refractivity contribution >= 4 is 5.65 Å². The number of halogens is 1. The number of aromatic nitrogens is 2. The highest BCUT2D eigenvalue weighted by molar-refractivity contribution is 5.65. The molecule has 4 heteroatoms. The predicted octanol–water partition coefficient (Wildman–Crippen LogP) is 3.64. The van der Waals surface area contributed by atoms with Gasteiger partial charge in [-0.25, -0.2) is 9.37 Å². The second-order valence-corrected chi connectivity index (χ2v) is 5.06. The van der Waals surface area contributed by atoms with Crippen LogP contribution < -0.4 is 5.32 Å². The Morgan fingerprint density at radius 1 is 1.24 bits per heavy atom. The summed E-state index contributed by atoms with van der Waals surface area (Å²) in [6, 6.07) is 11.0. The summed E-state index contributed by atoms with van der Waals surface area (Å²) in [6.07, 6.45) is 4.66. The van der Waals surface area contributed by atoms with Gasteiger partial charge in [0.25, 0.3) is 0 Å². The topological polar surface area (TPSA) is 29.3 Å². The Morgan fingerprint density at radius 3 is 3.00 bits per heavy atom. The van der Waals surface area contributed by atoms with Gasteiger partial charge in [-0.2, -0.15) is 0 Å². The Kier molecular flexibility index (Phi) is 3.97. The summed E-state index contributed by atoms with van der Waals surface area (Å²) in [7, 11) is 0. The number of hydrogen-bond acceptors (Lipinski definition) is 2. The summed E-state index contributed by atoms with van der Waals surface area (Å²) < 4.78 is 16.1. The van der Waals surface area contributed by atoms with Gasteiger partial charge in [0.2, 0.25) is 0 Å². The van der Waals surface area contributed by atoms with Crippen LogP contribution in [0.25, 0.3) is 16.9 Å². The molecule has 0 fully saturated rings. The molecule has 3 nitrogen and oxygen atoms in total. The van der Waals surface area contributed by atoms with Crippen LogP contribution in [0.5, 0.6) is 0 Å². The first kappa shape index (κ1) is 13.8. The summed E-state index contributed by atoms with van der Waals surface area (Å²) in [5.74, 6) is -0.213. The molecule has 0 unspecified atom stereocenters. The molecular formula is C17H18FN3. The van der Waals surface area contributed by atoms with Crippen molar-refractivity contribution < 1.29 is 4.39 Å². The van der Waals surface area contributed by atoms with Crippen LogP contribution in [-0.2, 0) is 6.54 Å². The molecule has 1 N–H and O–H groups in total. The van der Waals surface area contributed by atoms with Gasteiger partial charge in [0, 0.05) is 24.5 Å². The van der Waals surface area contributed by atoms with E-state index in [4.69, 9.17) is 0 Å². The number of imidazole rings is 1. The molecule has 0 aliphatic rings. The molecule has 2 aromatic heterocycles. The van der Waals surface area contributed by atoms with Crippen molar-refractivity contribution in [1.82, 2.24) is 14.7 Å². The number of nitrogens with zero attached hydrogens (tertiary/aromatic N) is 2. The van der Waals surface area contributed by atoms with Gasteiger partial charge in [-0.15, -0.1) is 0 Å². The monoisotopic (exact) mass is 283 g/mol. The van der Waals surface area contributed by atoms with Crippen molar-refractivity contribution in [3.63, 3.8) is 0 Å². The molecule has 0 spiro atoms. The molecule has 2 heterocycles. The molecule has 21 heavy (non-hydrogen) atoms. The zero-order chi connectivity index (χ0) is 14.7. The molecule has 0 saturated heterocycles. The summed E-state index contributed by atoms with van der Waals surface area (Å²) in [6.45, 7) is 3.84. The highest BCUT2D eigenvalue weighted by atomic mass is 19.1. The van der Waals surface area contributed by atoms with Gasteiger partial charge in [-0.05, 0) is 42.8 Å². The number of hydrogen-bond donors (Lipinski definition) is 1. The zero-order valence-corrected chi connectivity index (χ0v) is 12.0. The van der Waals surface area contributed by atoms with E-state index in [1.165, 1.54) is 6.07 Å². The summed E-state index contributed by atoms with van der Waals surface area (Å²) in [5.41, 5.74) is 3.33. The number of benzene rings is 1. The van der Waals surface area contributed by atoms with Crippen molar-refractivity contribution in [1.29, 1.82) is 0 Å². The molecule has 0 saturated carbocycles. The van der Waals surface area contributed by atoms with E-state index in [9.17, 15) is 4.39 Å². The molecular weight excluding hydrogens is 265 g/mol. The van der Waals surface area contributed by atoms with E-state index >= 15 is 0 Å². The van der Waals surface area contributed by atoms with E-state index in [0.717, 1.165) is 36.4 Å². The van der Waals surface area contributed by atoms with Gasteiger partial charge in [0.05, 0.1) is 5.69 Å². The van der Waals surface area contributed by atoms with Gasteiger partial charge >= 0.3 is 0 Å². The zero-order valence-electron chi connectivity index (χ0n) is 12.0. The van der Waals surface area contributed by atoms with Gasteiger partial charge in [-0.3, -0.25) is 4.40 Å². The summed E-state index contributed by atoms with van der Waals surface area (Å²) >= 11 is 0. The molecule has 1 aromatic carbocycles. The molecule has 0 bridgehead atoms. The Balaban J connectivity index is 2.01. The lowest BCUT2D eigenvalue weighted by Crippen LogP contribution is -2.13. The first-order valence-electron chi connectivity index (χ1n) is 7.21. The van der Waals surface area contributed by atoms with Crippen LogP contribution in [0.2, 0.25) is 0 Å². The molecule has 0 radical (unpaired) electrons. The van der Waals surface area contributed by atoms with E-state index in [2.05, 4.69) is 17.2 Å². The summed E-state index contributed by atoms with van der Waals surface area (Å²) in [5, 5.41) is 3.34. The fraction of sp³-hybridized carbons (Fsp3) is 0.235. The lowest BCUT2D eigenvalue weighted by atomic mass is 10.1. The van der Waals surface area contributed by atoms with E-state index < -0.39 is 0 Å². The van der Waals surface area contributed by atoms with Crippen LogP contribution in [0.4, 0.5) is 4.39 Å². The predicted molar refractivity (Wildman–Crippen MR) is 82.6 cm³/mol. The fourth-order valence-corrected chi connectivity index (χ4v) is 2.46. The Labute approximate surface area is 123 Å². The third kappa shape index (κ3) is 2.81. The van der Waals surface area contributed by atoms with E-state index in [1.54, 1.807) is 6.20 Å². The maximum absolute atomic E-state index is 14.2. The molecule has 0 aliphatic heterocycles. The maximum atomic E-state index is 14.2. The first-order valence-corrected chi connectivity index (χ1v) is 7.21. The van der Waals surface area contributed by atoms with Gasteiger partial charge in [-0.1, -0.05) is 19.1 Å². The van der Waals surface area contributed by atoms with Crippen LogP contribution >= 0.6 is 0 Å². The second-order valence-electron chi connectivity index (χ2n) is 5.06.